The van der Waals surface area contributed by atoms with Gasteiger partial charge in [-0.15, -0.1) is 0 Å². The summed E-state index contributed by atoms with van der Waals surface area (Å²) in [5.74, 6) is -1.34. The SMILES string of the molecule is CCOC(=O)[C@H]1CCCN([C@@H](C(=O)O)c2ccccc2)C1. The molecule has 0 spiro atoms. The van der Waals surface area contributed by atoms with E-state index in [9.17, 15) is 14.7 Å². The lowest BCUT2D eigenvalue weighted by molar-refractivity contribution is -0.153. The molecule has 2 atom stereocenters. The minimum Gasteiger partial charge on any atom is -0.480 e. The van der Waals surface area contributed by atoms with Crippen LogP contribution in [0, 0.1) is 5.92 Å². The lowest BCUT2D eigenvalue weighted by Gasteiger charge is -2.35. The predicted octanol–water partition coefficient (Wildman–Crippen LogP) is 2.09. The molecule has 5 nitrogen and oxygen atoms in total. The highest BCUT2D eigenvalue weighted by molar-refractivity contribution is 5.76. The van der Waals surface area contributed by atoms with Gasteiger partial charge in [-0.2, -0.15) is 0 Å². The van der Waals surface area contributed by atoms with Crippen molar-refractivity contribution in [2.24, 2.45) is 5.92 Å². The van der Waals surface area contributed by atoms with Gasteiger partial charge in [0.25, 0.3) is 0 Å². The van der Waals surface area contributed by atoms with Crippen LogP contribution >= 0.6 is 0 Å². The number of carbonyl (C=O) groups excluding carboxylic acids is 1. The molecular formula is C16H21NO4. The van der Waals surface area contributed by atoms with Gasteiger partial charge in [0.05, 0.1) is 12.5 Å². The third-order valence-electron chi connectivity index (χ3n) is 3.79. The van der Waals surface area contributed by atoms with Crippen molar-refractivity contribution in [3.8, 4) is 0 Å². The van der Waals surface area contributed by atoms with Crippen LogP contribution in [0.15, 0.2) is 30.3 Å². The van der Waals surface area contributed by atoms with Gasteiger partial charge in [-0.25, -0.2) is 0 Å². The maximum absolute atomic E-state index is 11.9. The van der Waals surface area contributed by atoms with E-state index in [1.54, 1.807) is 6.92 Å². The van der Waals surface area contributed by atoms with E-state index in [0.29, 0.717) is 19.7 Å². The molecule has 1 aromatic rings. The number of nitrogens with zero attached hydrogens (tertiary/aromatic N) is 1. The summed E-state index contributed by atoms with van der Waals surface area (Å²) in [6.07, 6.45) is 1.57. The Balaban J connectivity index is 2.14. The zero-order chi connectivity index (χ0) is 15.2. The van der Waals surface area contributed by atoms with Gasteiger partial charge in [0, 0.05) is 6.54 Å². The molecule has 1 N–H and O–H groups in total. The van der Waals surface area contributed by atoms with Crippen LogP contribution < -0.4 is 0 Å². The summed E-state index contributed by atoms with van der Waals surface area (Å²) >= 11 is 0. The number of piperidine rings is 1. The van der Waals surface area contributed by atoms with E-state index in [-0.39, 0.29) is 11.9 Å². The molecule has 2 rings (SSSR count). The van der Waals surface area contributed by atoms with Gasteiger partial charge < -0.3 is 9.84 Å². The highest BCUT2D eigenvalue weighted by atomic mass is 16.5. The van der Waals surface area contributed by atoms with E-state index in [1.165, 1.54) is 0 Å². The second-order valence-electron chi connectivity index (χ2n) is 5.24. The molecule has 0 aliphatic carbocycles. The van der Waals surface area contributed by atoms with Crippen molar-refractivity contribution >= 4 is 11.9 Å². The molecule has 1 aliphatic heterocycles. The largest absolute Gasteiger partial charge is 0.480 e. The Labute approximate surface area is 124 Å². The number of hydrogen-bond donors (Lipinski definition) is 1. The van der Waals surface area contributed by atoms with Gasteiger partial charge in [0.1, 0.15) is 6.04 Å². The van der Waals surface area contributed by atoms with Crippen molar-refractivity contribution in [3.05, 3.63) is 35.9 Å². The third kappa shape index (κ3) is 3.82. The van der Waals surface area contributed by atoms with Crippen LogP contribution in [0.2, 0.25) is 0 Å². The standard InChI is InChI=1S/C16H21NO4/c1-2-21-16(20)13-9-6-10-17(11-13)14(15(18)19)12-7-4-3-5-8-12/h3-5,7-8,13-14H,2,6,9-11H2,1H3,(H,18,19)/t13-,14+/m0/s1. The smallest absolute Gasteiger partial charge is 0.325 e. The van der Waals surface area contributed by atoms with E-state index in [2.05, 4.69) is 0 Å². The average molecular weight is 291 g/mol. The number of aliphatic carboxylic acids is 1. The lowest BCUT2D eigenvalue weighted by Crippen LogP contribution is -2.43. The first-order valence-electron chi connectivity index (χ1n) is 7.32. The maximum atomic E-state index is 11.9. The molecular weight excluding hydrogens is 270 g/mol. The Hall–Kier alpha value is -1.88. The fraction of sp³-hybridized carbons (Fsp3) is 0.500. The maximum Gasteiger partial charge on any atom is 0.325 e. The fourth-order valence-electron chi connectivity index (χ4n) is 2.84. The Kier molecular flexibility index (Phi) is 5.33. The number of ether oxygens (including phenoxy) is 1. The molecule has 1 heterocycles. The molecule has 0 aromatic heterocycles. The van der Waals surface area contributed by atoms with Crippen molar-refractivity contribution in [1.29, 1.82) is 0 Å². The van der Waals surface area contributed by atoms with Gasteiger partial charge in [-0.1, -0.05) is 30.3 Å². The topological polar surface area (TPSA) is 66.8 Å². The Morgan fingerprint density at radius 2 is 2.10 bits per heavy atom. The Morgan fingerprint density at radius 3 is 2.71 bits per heavy atom. The Bertz CT molecular complexity index is 488. The quantitative estimate of drug-likeness (QED) is 0.841. The number of likely N-dealkylation sites (tertiary alicyclic amines) is 1. The van der Waals surface area contributed by atoms with Crippen LogP contribution in [0.5, 0.6) is 0 Å². The van der Waals surface area contributed by atoms with Gasteiger partial charge in [-0.05, 0) is 31.9 Å². The molecule has 5 heteroatoms. The molecule has 0 radical (unpaired) electrons. The summed E-state index contributed by atoms with van der Waals surface area (Å²) < 4.78 is 5.06. The number of rotatable bonds is 5. The fourth-order valence-corrected chi connectivity index (χ4v) is 2.84. The average Bonchev–Trinajstić information content (AvgIpc) is 2.49. The molecule has 1 saturated heterocycles. The Morgan fingerprint density at radius 1 is 1.38 bits per heavy atom. The second-order valence-corrected chi connectivity index (χ2v) is 5.24. The molecule has 0 saturated carbocycles. The van der Waals surface area contributed by atoms with Crippen molar-refractivity contribution in [2.45, 2.75) is 25.8 Å². The number of benzene rings is 1. The van der Waals surface area contributed by atoms with Crippen LogP contribution in [0.3, 0.4) is 0 Å². The minimum atomic E-state index is -0.884. The molecule has 1 fully saturated rings. The van der Waals surface area contributed by atoms with E-state index >= 15 is 0 Å². The number of carboxylic acids is 1. The van der Waals surface area contributed by atoms with Crippen LogP contribution in [-0.2, 0) is 14.3 Å². The van der Waals surface area contributed by atoms with Gasteiger partial charge in [-0.3, -0.25) is 14.5 Å². The van der Waals surface area contributed by atoms with Crippen LogP contribution in [-0.4, -0.2) is 41.6 Å². The summed E-state index contributed by atoms with van der Waals surface area (Å²) in [7, 11) is 0. The zero-order valence-corrected chi connectivity index (χ0v) is 12.2. The third-order valence-corrected chi connectivity index (χ3v) is 3.79. The van der Waals surface area contributed by atoms with Crippen molar-refractivity contribution in [3.63, 3.8) is 0 Å². The molecule has 114 valence electrons. The van der Waals surface area contributed by atoms with Crippen molar-refractivity contribution < 1.29 is 19.4 Å². The zero-order valence-electron chi connectivity index (χ0n) is 12.2. The van der Waals surface area contributed by atoms with E-state index in [4.69, 9.17) is 4.74 Å². The molecule has 0 bridgehead atoms. The van der Waals surface area contributed by atoms with Crippen LogP contribution in [0.25, 0.3) is 0 Å². The number of carbonyl (C=O) groups is 2. The highest BCUT2D eigenvalue weighted by Crippen LogP contribution is 2.27. The first-order valence-corrected chi connectivity index (χ1v) is 7.32. The second kappa shape index (κ2) is 7.22. The predicted molar refractivity (Wildman–Crippen MR) is 77.7 cm³/mol. The molecule has 1 aromatic carbocycles. The molecule has 0 amide bonds. The van der Waals surface area contributed by atoms with Crippen molar-refractivity contribution in [1.82, 2.24) is 4.90 Å². The minimum absolute atomic E-state index is 0.223. The van der Waals surface area contributed by atoms with Crippen LogP contribution in [0.4, 0.5) is 0 Å². The van der Waals surface area contributed by atoms with E-state index in [0.717, 1.165) is 18.4 Å². The normalized spacial score (nSPS) is 20.7. The number of hydrogen-bond acceptors (Lipinski definition) is 4. The van der Waals surface area contributed by atoms with Gasteiger partial charge >= 0.3 is 11.9 Å². The van der Waals surface area contributed by atoms with E-state index in [1.807, 2.05) is 35.2 Å². The molecule has 21 heavy (non-hydrogen) atoms. The summed E-state index contributed by atoms with van der Waals surface area (Å²) in [4.78, 5) is 25.4. The number of carboxylic acid groups (broad SMARTS) is 1. The number of esters is 1. The summed E-state index contributed by atoms with van der Waals surface area (Å²) in [6.45, 7) is 3.26. The first-order chi connectivity index (χ1) is 10.1. The summed E-state index contributed by atoms with van der Waals surface area (Å²) in [5, 5.41) is 9.55. The van der Waals surface area contributed by atoms with Gasteiger partial charge in [0.15, 0.2) is 0 Å². The first kappa shape index (κ1) is 15.5. The summed E-state index contributed by atoms with van der Waals surface area (Å²) in [5.41, 5.74) is 0.745. The lowest BCUT2D eigenvalue weighted by atomic mass is 9.95. The summed E-state index contributed by atoms with van der Waals surface area (Å²) in [6, 6.07) is 8.44. The monoisotopic (exact) mass is 291 g/mol. The van der Waals surface area contributed by atoms with E-state index < -0.39 is 12.0 Å². The van der Waals surface area contributed by atoms with Crippen molar-refractivity contribution in [2.75, 3.05) is 19.7 Å². The highest BCUT2D eigenvalue weighted by Gasteiger charge is 2.34. The van der Waals surface area contributed by atoms with Gasteiger partial charge in [0.2, 0.25) is 0 Å². The molecule has 1 aliphatic rings. The molecule has 0 unspecified atom stereocenters. The van der Waals surface area contributed by atoms with Crippen LogP contribution in [0.1, 0.15) is 31.4 Å².